The van der Waals surface area contributed by atoms with Crippen LogP contribution in [0.5, 0.6) is 5.75 Å². The molecule has 1 aliphatic heterocycles. The fourth-order valence-electron chi connectivity index (χ4n) is 3.77. The lowest BCUT2D eigenvalue weighted by Gasteiger charge is -2.12. The molecule has 1 amide bonds. The zero-order valence-corrected chi connectivity index (χ0v) is 18.0. The maximum absolute atomic E-state index is 12.3. The number of hydrogen-bond acceptors (Lipinski definition) is 4. The van der Waals surface area contributed by atoms with Crippen LogP contribution in [0.1, 0.15) is 39.5 Å². The first-order valence-corrected chi connectivity index (χ1v) is 10.3. The van der Waals surface area contributed by atoms with Gasteiger partial charge in [-0.15, -0.1) is 0 Å². The Morgan fingerprint density at radius 3 is 2.68 bits per heavy atom. The van der Waals surface area contributed by atoms with Crippen molar-refractivity contribution in [1.29, 1.82) is 0 Å². The molecule has 1 atom stereocenters. The standard InChI is InChI=1S/C25H22ClNO4/c1-15-19(7-4-8-22(15)26)17-6-3-5-16(11-17)14-31-18-9-10-20-21(12-18)25(29)27-23(20)13-24(28)30-2/h3-12,23H,13-14H2,1-2H3,(H,27,29). The second-order valence-electron chi connectivity index (χ2n) is 7.46. The summed E-state index contributed by atoms with van der Waals surface area (Å²) in [5.41, 5.74) is 5.50. The smallest absolute Gasteiger partial charge is 0.307 e. The SMILES string of the molecule is COC(=O)CC1NC(=O)c2cc(OCc3cccc(-c4cccc(Cl)c4C)c3)ccc21. The average Bonchev–Trinajstić information content (AvgIpc) is 3.09. The molecule has 3 aromatic carbocycles. The molecular weight excluding hydrogens is 414 g/mol. The molecule has 0 radical (unpaired) electrons. The Hall–Kier alpha value is -3.31. The maximum Gasteiger partial charge on any atom is 0.307 e. The molecule has 0 saturated heterocycles. The lowest BCUT2D eigenvalue weighted by molar-refractivity contribution is -0.141. The molecular formula is C25H22ClNO4. The summed E-state index contributed by atoms with van der Waals surface area (Å²) in [5, 5.41) is 3.55. The monoisotopic (exact) mass is 435 g/mol. The predicted molar refractivity (Wildman–Crippen MR) is 119 cm³/mol. The molecule has 1 heterocycles. The number of benzene rings is 3. The first kappa shape index (κ1) is 20.9. The zero-order chi connectivity index (χ0) is 22.0. The number of esters is 1. The topological polar surface area (TPSA) is 64.6 Å². The van der Waals surface area contributed by atoms with Crippen molar-refractivity contribution in [2.24, 2.45) is 0 Å². The number of carbonyl (C=O) groups excluding carboxylic acids is 2. The van der Waals surface area contributed by atoms with Crippen LogP contribution >= 0.6 is 11.6 Å². The summed E-state index contributed by atoms with van der Waals surface area (Å²) in [7, 11) is 1.33. The van der Waals surface area contributed by atoms with Crippen molar-refractivity contribution in [3.63, 3.8) is 0 Å². The van der Waals surface area contributed by atoms with Gasteiger partial charge in [-0.3, -0.25) is 9.59 Å². The third-order valence-electron chi connectivity index (χ3n) is 5.46. The van der Waals surface area contributed by atoms with E-state index in [1.165, 1.54) is 7.11 Å². The van der Waals surface area contributed by atoms with Gasteiger partial charge in [-0.25, -0.2) is 0 Å². The lowest BCUT2D eigenvalue weighted by Crippen LogP contribution is -2.21. The molecule has 1 unspecified atom stereocenters. The number of nitrogens with one attached hydrogen (secondary N) is 1. The fourth-order valence-corrected chi connectivity index (χ4v) is 3.94. The first-order chi connectivity index (χ1) is 15.0. The van der Waals surface area contributed by atoms with Crippen molar-refractivity contribution >= 4 is 23.5 Å². The van der Waals surface area contributed by atoms with Gasteiger partial charge in [0.1, 0.15) is 12.4 Å². The maximum atomic E-state index is 12.3. The number of hydrogen-bond donors (Lipinski definition) is 1. The highest BCUT2D eigenvalue weighted by Gasteiger charge is 2.30. The molecule has 158 valence electrons. The Balaban J connectivity index is 1.49. The molecule has 0 bridgehead atoms. The Labute approximate surface area is 185 Å². The summed E-state index contributed by atoms with van der Waals surface area (Å²) in [6, 6.07) is 19.0. The minimum Gasteiger partial charge on any atom is -0.489 e. The first-order valence-electron chi connectivity index (χ1n) is 9.95. The van der Waals surface area contributed by atoms with E-state index in [1.54, 1.807) is 6.07 Å². The average molecular weight is 436 g/mol. The quantitative estimate of drug-likeness (QED) is 0.537. The number of carbonyl (C=O) groups is 2. The van der Waals surface area contributed by atoms with E-state index in [0.29, 0.717) is 17.9 Å². The van der Waals surface area contributed by atoms with Crippen LogP contribution in [0.4, 0.5) is 0 Å². The molecule has 0 aromatic heterocycles. The molecule has 31 heavy (non-hydrogen) atoms. The molecule has 0 aliphatic carbocycles. The van der Waals surface area contributed by atoms with Crippen molar-refractivity contribution in [2.45, 2.75) is 26.0 Å². The van der Waals surface area contributed by atoms with E-state index in [-0.39, 0.29) is 24.3 Å². The summed E-state index contributed by atoms with van der Waals surface area (Å²) >= 11 is 6.27. The van der Waals surface area contributed by atoms with Crippen LogP contribution in [-0.4, -0.2) is 19.0 Å². The van der Waals surface area contributed by atoms with Crippen LogP contribution < -0.4 is 10.1 Å². The number of fused-ring (bicyclic) bond motifs is 1. The summed E-state index contributed by atoms with van der Waals surface area (Å²) in [4.78, 5) is 23.9. The molecule has 3 aromatic rings. The Bertz CT molecular complexity index is 1160. The third-order valence-corrected chi connectivity index (χ3v) is 5.87. The number of amides is 1. The highest BCUT2D eigenvalue weighted by molar-refractivity contribution is 6.31. The number of ether oxygens (including phenoxy) is 2. The molecule has 0 spiro atoms. The van der Waals surface area contributed by atoms with Crippen molar-refractivity contribution in [2.75, 3.05) is 7.11 Å². The minimum absolute atomic E-state index is 0.102. The summed E-state index contributed by atoms with van der Waals surface area (Å²) in [6.45, 7) is 2.36. The van der Waals surface area contributed by atoms with Crippen molar-refractivity contribution in [1.82, 2.24) is 5.32 Å². The van der Waals surface area contributed by atoms with Crippen LogP contribution in [0.15, 0.2) is 60.7 Å². The Kier molecular flexibility index (Phi) is 5.96. The largest absolute Gasteiger partial charge is 0.489 e. The summed E-state index contributed by atoms with van der Waals surface area (Å²) < 4.78 is 10.7. The van der Waals surface area contributed by atoms with Crippen LogP contribution in [-0.2, 0) is 16.1 Å². The Morgan fingerprint density at radius 1 is 1.06 bits per heavy atom. The van der Waals surface area contributed by atoms with Crippen LogP contribution in [0.2, 0.25) is 5.02 Å². The summed E-state index contributed by atoms with van der Waals surface area (Å²) in [5.74, 6) is 0.0121. The van der Waals surface area contributed by atoms with Gasteiger partial charge in [0.05, 0.1) is 19.6 Å². The zero-order valence-electron chi connectivity index (χ0n) is 17.3. The molecule has 6 heteroatoms. The van der Waals surface area contributed by atoms with Crippen LogP contribution in [0.3, 0.4) is 0 Å². The van der Waals surface area contributed by atoms with E-state index in [9.17, 15) is 9.59 Å². The highest BCUT2D eigenvalue weighted by atomic mass is 35.5. The van der Waals surface area contributed by atoms with Gasteiger partial charge >= 0.3 is 5.97 Å². The second kappa shape index (κ2) is 8.82. The van der Waals surface area contributed by atoms with Gasteiger partial charge in [0.2, 0.25) is 0 Å². The van der Waals surface area contributed by atoms with Gasteiger partial charge < -0.3 is 14.8 Å². The molecule has 0 fully saturated rings. The van der Waals surface area contributed by atoms with Gasteiger partial charge in [-0.05, 0) is 59.0 Å². The number of halogens is 1. The normalized spacial score (nSPS) is 14.7. The van der Waals surface area contributed by atoms with E-state index in [1.807, 2.05) is 55.5 Å². The molecule has 1 N–H and O–H groups in total. The lowest BCUT2D eigenvalue weighted by atomic mass is 9.99. The van der Waals surface area contributed by atoms with Gasteiger partial charge in [0.15, 0.2) is 0 Å². The Morgan fingerprint density at radius 2 is 1.87 bits per heavy atom. The summed E-state index contributed by atoms with van der Waals surface area (Å²) in [6.07, 6.45) is 0.102. The molecule has 5 nitrogen and oxygen atoms in total. The minimum atomic E-state index is -0.374. The van der Waals surface area contributed by atoms with Crippen molar-refractivity contribution in [3.05, 3.63) is 87.9 Å². The van der Waals surface area contributed by atoms with E-state index >= 15 is 0 Å². The number of rotatable bonds is 6. The van der Waals surface area contributed by atoms with Crippen molar-refractivity contribution < 1.29 is 19.1 Å². The van der Waals surface area contributed by atoms with Crippen LogP contribution in [0, 0.1) is 6.92 Å². The molecule has 0 saturated carbocycles. The molecule has 4 rings (SSSR count). The van der Waals surface area contributed by atoms with E-state index < -0.39 is 0 Å². The van der Waals surface area contributed by atoms with E-state index in [4.69, 9.17) is 21.1 Å². The van der Waals surface area contributed by atoms with Gasteiger partial charge in [0.25, 0.3) is 5.91 Å². The van der Waals surface area contributed by atoms with Gasteiger partial charge in [-0.2, -0.15) is 0 Å². The van der Waals surface area contributed by atoms with E-state index in [0.717, 1.165) is 32.8 Å². The van der Waals surface area contributed by atoms with Gasteiger partial charge in [-0.1, -0.05) is 48.0 Å². The van der Waals surface area contributed by atoms with Crippen LogP contribution in [0.25, 0.3) is 11.1 Å². The highest BCUT2D eigenvalue weighted by Crippen LogP contribution is 2.32. The second-order valence-corrected chi connectivity index (χ2v) is 7.86. The van der Waals surface area contributed by atoms with E-state index in [2.05, 4.69) is 11.4 Å². The predicted octanol–water partition coefficient (Wildman–Crippen LogP) is 5.24. The van der Waals surface area contributed by atoms with Crippen molar-refractivity contribution in [3.8, 4) is 16.9 Å². The third kappa shape index (κ3) is 4.42. The van der Waals surface area contributed by atoms with Gasteiger partial charge in [0, 0.05) is 10.6 Å². The fraction of sp³-hybridized carbons (Fsp3) is 0.200. The number of methoxy groups -OCH3 is 1. The molecule has 1 aliphatic rings.